The predicted molar refractivity (Wildman–Crippen MR) is 146 cm³/mol. The van der Waals surface area contributed by atoms with Gasteiger partial charge in [0.05, 0.1) is 6.33 Å². The summed E-state index contributed by atoms with van der Waals surface area (Å²) < 4.78 is 0. The number of nitrogens with zero attached hydrogens (tertiary/aromatic N) is 6. The van der Waals surface area contributed by atoms with E-state index in [1.54, 1.807) is 6.33 Å². The Morgan fingerprint density at radius 1 is 0.806 bits per heavy atom. The highest BCUT2D eigenvalue weighted by atomic mass is 35.5. The van der Waals surface area contributed by atoms with Gasteiger partial charge in [0, 0.05) is 18.5 Å². The summed E-state index contributed by atoms with van der Waals surface area (Å²) in [6.07, 6.45) is 2.25. The minimum atomic E-state index is -0.108. The number of imidazole rings is 2. The third-order valence-corrected chi connectivity index (χ3v) is 6.92. The largest absolute Gasteiger partial charge is 0.365 e. The predicted octanol–water partition coefficient (Wildman–Crippen LogP) is 5.88. The molecular formula is C24H34Cl2N10. The van der Waals surface area contributed by atoms with E-state index >= 15 is 0 Å². The minimum absolute atomic E-state index is 0.0183. The van der Waals surface area contributed by atoms with Gasteiger partial charge >= 0.3 is 0 Å². The number of aromatic amines is 2. The lowest BCUT2D eigenvalue weighted by atomic mass is 9.78. The summed E-state index contributed by atoms with van der Waals surface area (Å²) in [4.78, 5) is 33.0. The molecule has 0 aliphatic carbocycles. The van der Waals surface area contributed by atoms with Crippen LogP contribution in [0.3, 0.4) is 0 Å². The molecule has 0 aliphatic rings. The average Bonchev–Trinajstić information content (AvgIpc) is 3.36. The van der Waals surface area contributed by atoms with Gasteiger partial charge in [0.1, 0.15) is 11.3 Å². The fourth-order valence-corrected chi connectivity index (χ4v) is 4.57. The van der Waals surface area contributed by atoms with Crippen molar-refractivity contribution in [1.82, 2.24) is 39.9 Å². The van der Waals surface area contributed by atoms with Gasteiger partial charge in [0.15, 0.2) is 28.4 Å². The van der Waals surface area contributed by atoms with Gasteiger partial charge in [0.25, 0.3) is 0 Å². The molecule has 0 fully saturated rings. The fraction of sp³-hybridized carbons (Fsp3) is 0.583. The van der Waals surface area contributed by atoms with E-state index in [1.165, 1.54) is 0 Å². The van der Waals surface area contributed by atoms with Crippen molar-refractivity contribution < 1.29 is 0 Å². The van der Waals surface area contributed by atoms with Crippen LogP contribution in [0.25, 0.3) is 22.3 Å². The lowest BCUT2D eigenvalue weighted by Gasteiger charge is -2.36. The second kappa shape index (κ2) is 9.63. The average molecular weight is 534 g/mol. The molecule has 0 aromatic carbocycles. The van der Waals surface area contributed by atoms with Gasteiger partial charge in [-0.25, -0.2) is 9.97 Å². The first-order valence-electron chi connectivity index (χ1n) is 12.0. The monoisotopic (exact) mass is 532 g/mol. The van der Waals surface area contributed by atoms with Crippen LogP contribution >= 0.6 is 23.2 Å². The first-order valence-corrected chi connectivity index (χ1v) is 12.8. The van der Waals surface area contributed by atoms with Crippen LogP contribution in [0, 0.1) is 16.7 Å². The van der Waals surface area contributed by atoms with E-state index in [1.807, 2.05) is 0 Å². The first-order chi connectivity index (χ1) is 16.7. The number of fused-ring (bicyclic) bond motifs is 2. The summed E-state index contributed by atoms with van der Waals surface area (Å²) in [5.74, 6) is 2.19. The Bertz CT molecular complexity index is 1370. The number of halogens is 2. The molecule has 4 aromatic rings. The molecule has 12 heteroatoms. The Morgan fingerprint density at radius 2 is 1.42 bits per heavy atom. The van der Waals surface area contributed by atoms with Crippen molar-refractivity contribution in [3.8, 4) is 0 Å². The molecule has 10 nitrogen and oxygen atoms in total. The van der Waals surface area contributed by atoms with Crippen LogP contribution in [0.15, 0.2) is 6.33 Å². The van der Waals surface area contributed by atoms with Crippen molar-refractivity contribution >= 4 is 57.2 Å². The first kappa shape index (κ1) is 26.3. The maximum absolute atomic E-state index is 6.24. The Balaban J connectivity index is 1.62. The zero-order valence-corrected chi connectivity index (χ0v) is 23.5. The smallest absolute Gasteiger partial charge is 0.226 e. The van der Waals surface area contributed by atoms with E-state index in [0.29, 0.717) is 40.4 Å². The number of aromatic nitrogens is 8. The van der Waals surface area contributed by atoms with Crippen LogP contribution in [0.4, 0.5) is 11.6 Å². The number of hydrogen-bond acceptors (Lipinski definition) is 8. The molecule has 3 atom stereocenters. The van der Waals surface area contributed by atoms with E-state index in [9.17, 15) is 0 Å². The molecule has 0 aliphatic heterocycles. The number of rotatable bonds is 7. The molecule has 4 heterocycles. The Labute approximate surface area is 220 Å². The molecule has 194 valence electrons. The van der Waals surface area contributed by atoms with Gasteiger partial charge in [-0.15, -0.1) is 0 Å². The van der Waals surface area contributed by atoms with Gasteiger partial charge in [-0.05, 0) is 46.9 Å². The lowest BCUT2D eigenvalue weighted by Crippen LogP contribution is -2.41. The van der Waals surface area contributed by atoms with Crippen LogP contribution in [0.5, 0.6) is 0 Å². The lowest BCUT2D eigenvalue weighted by molar-refractivity contribution is 0.265. The molecule has 0 saturated carbocycles. The number of H-pyrrole nitrogens is 2. The van der Waals surface area contributed by atoms with Crippen molar-refractivity contribution in [2.24, 2.45) is 16.7 Å². The van der Waals surface area contributed by atoms with Crippen molar-refractivity contribution in [2.45, 2.75) is 73.9 Å². The standard InChI is InChI=1S/C24H34Cl2N10/c1-11(16(24(6,7)8)32-18-14-17(28-10-27-14)33-21(25)34-18)9-13-30-15-19(29-12(2)23(3,4)5)35-22(26)36-20(15)31-13/h10-12,16H,9H2,1-8H3,(H2,27,28,32,33,34)(H2,29,30,31,35,36)/t11?,12-,16-/m1/s1. The zero-order chi connectivity index (χ0) is 26.4. The fourth-order valence-electron chi connectivity index (χ4n) is 4.23. The zero-order valence-electron chi connectivity index (χ0n) is 22.0. The van der Waals surface area contributed by atoms with Gasteiger partial charge in [-0.3, -0.25) is 0 Å². The molecule has 1 unspecified atom stereocenters. The molecular weight excluding hydrogens is 499 g/mol. The van der Waals surface area contributed by atoms with Crippen molar-refractivity contribution in [2.75, 3.05) is 10.6 Å². The molecule has 36 heavy (non-hydrogen) atoms. The molecule has 4 N–H and O–H groups in total. The van der Waals surface area contributed by atoms with Crippen molar-refractivity contribution in [1.29, 1.82) is 0 Å². The maximum atomic E-state index is 6.24. The highest BCUT2D eigenvalue weighted by Crippen LogP contribution is 2.32. The third-order valence-electron chi connectivity index (χ3n) is 6.58. The van der Waals surface area contributed by atoms with E-state index in [0.717, 1.165) is 5.82 Å². The van der Waals surface area contributed by atoms with E-state index in [2.05, 4.69) is 101 Å². The Kier molecular flexibility index (Phi) is 7.04. The second-order valence-corrected chi connectivity index (χ2v) is 12.2. The van der Waals surface area contributed by atoms with E-state index in [4.69, 9.17) is 28.2 Å². The Morgan fingerprint density at radius 3 is 2.03 bits per heavy atom. The summed E-state index contributed by atoms with van der Waals surface area (Å²) in [6, 6.07) is 0.170. The molecule has 0 spiro atoms. The molecule has 0 saturated heterocycles. The molecule has 0 bridgehead atoms. The summed E-state index contributed by atoms with van der Waals surface area (Å²) in [6.45, 7) is 17.4. The number of anilines is 2. The summed E-state index contributed by atoms with van der Waals surface area (Å²) in [7, 11) is 0. The normalized spacial score (nSPS) is 15.3. The van der Waals surface area contributed by atoms with Gasteiger partial charge < -0.3 is 20.6 Å². The molecule has 0 radical (unpaired) electrons. The second-order valence-electron chi connectivity index (χ2n) is 11.6. The topological polar surface area (TPSA) is 133 Å². The Hall–Kier alpha value is -2.72. The molecule has 0 amide bonds. The van der Waals surface area contributed by atoms with Crippen molar-refractivity contribution in [3.63, 3.8) is 0 Å². The van der Waals surface area contributed by atoms with Crippen molar-refractivity contribution in [3.05, 3.63) is 22.7 Å². The minimum Gasteiger partial charge on any atom is -0.365 e. The SMILES string of the molecule is CC(Cc1nc2c(N[C@H](C)C(C)(C)C)nc(Cl)nc2[nH]1)[C@@H](Nc1nc(Cl)nc2[nH]cnc12)C(C)(C)C. The van der Waals surface area contributed by atoms with Crippen LogP contribution in [0.1, 0.15) is 61.2 Å². The van der Waals surface area contributed by atoms with Crippen LogP contribution in [0.2, 0.25) is 10.6 Å². The van der Waals surface area contributed by atoms with Crippen LogP contribution in [-0.2, 0) is 6.42 Å². The molecule has 4 aromatic heterocycles. The van der Waals surface area contributed by atoms with Gasteiger partial charge in [0.2, 0.25) is 10.6 Å². The van der Waals surface area contributed by atoms with E-state index < -0.39 is 0 Å². The highest BCUT2D eigenvalue weighted by molar-refractivity contribution is 6.29. The van der Waals surface area contributed by atoms with E-state index in [-0.39, 0.29) is 39.4 Å². The van der Waals surface area contributed by atoms with Crippen LogP contribution < -0.4 is 10.6 Å². The number of hydrogen-bond donors (Lipinski definition) is 4. The maximum Gasteiger partial charge on any atom is 0.226 e. The highest BCUT2D eigenvalue weighted by Gasteiger charge is 2.32. The number of nitrogens with one attached hydrogen (secondary N) is 4. The third kappa shape index (κ3) is 5.64. The van der Waals surface area contributed by atoms with Gasteiger partial charge in [-0.1, -0.05) is 48.5 Å². The summed E-state index contributed by atoms with van der Waals surface area (Å²) in [5, 5.41) is 7.38. The summed E-state index contributed by atoms with van der Waals surface area (Å²) >= 11 is 12.4. The van der Waals surface area contributed by atoms with Gasteiger partial charge in [-0.2, -0.15) is 19.9 Å². The quantitative estimate of drug-likeness (QED) is 0.217. The molecule has 4 rings (SSSR count). The summed E-state index contributed by atoms with van der Waals surface area (Å²) in [5.41, 5.74) is 2.46. The van der Waals surface area contributed by atoms with Crippen LogP contribution in [-0.4, -0.2) is 52.0 Å².